The molecule has 1 aromatic carbocycles. The fraction of sp³-hybridized carbons (Fsp3) is 0.188. The van der Waals surface area contributed by atoms with Gasteiger partial charge in [0.25, 0.3) is 0 Å². The van der Waals surface area contributed by atoms with E-state index in [1.54, 1.807) is 11.3 Å². The molecule has 0 aliphatic rings. The van der Waals surface area contributed by atoms with Crippen molar-refractivity contribution in [2.45, 2.75) is 20.0 Å². The zero-order valence-electron chi connectivity index (χ0n) is 11.8. The van der Waals surface area contributed by atoms with Gasteiger partial charge in [0.15, 0.2) is 0 Å². The Balaban J connectivity index is 1.80. The lowest BCUT2D eigenvalue weighted by Gasteiger charge is -2.02. The number of para-hydroxylation sites is 1. The highest BCUT2D eigenvalue weighted by atomic mass is 32.1. The van der Waals surface area contributed by atoms with Gasteiger partial charge in [-0.2, -0.15) is 0 Å². The van der Waals surface area contributed by atoms with E-state index >= 15 is 0 Å². The molecular weight excluding hydrogens is 280 g/mol. The number of nitrogens with zero attached hydrogens (tertiary/aromatic N) is 3. The quantitative estimate of drug-likeness (QED) is 0.752. The van der Waals surface area contributed by atoms with Gasteiger partial charge in [-0.3, -0.25) is 9.98 Å². The molecule has 0 unspecified atom stereocenters. The van der Waals surface area contributed by atoms with E-state index in [-0.39, 0.29) is 0 Å². The van der Waals surface area contributed by atoms with Crippen LogP contribution in [-0.2, 0) is 13.1 Å². The third-order valence-electron chi connectivity index (χ3n) is 3.18. The van der Waals surface area contributed by atoms with Crippen LogP contribution in [0.15, 0.2) is 47.5 Å². The molecule has 0 aliphatic heterocycles. The first-order chi connectivity index (χ1) is 10.3. The van der Waals surface area contributed by atoms with Gasteiger partial charge < -0.3 is 5.73 Å². The molecule has 0 spiro atoms. The Hall–Kier alpha value is -2.11. The highest BCUT2D eigenvalue weighted by Gasteiger charge is 2.04. The van der Waals surface area contributed by atoms with Gasteiger partial charge in [-0.1, -0.05) is 18.2 Å². The smallest absolute Gasteiger partial charge is 0.115 e. The molecule has 21 heavy (non-hydrogen) atoms. The Morgan fingerprint density at radius 1 is 1.14 bits per heavy atom. The normalized spacial score (nSPS) is 12.0. The van der Waals surface area contributed by atoms with Gasteiger partial charge in [0.2, 0.25) is 0 Å². The number of aliphatic imine (C=N–C) groups is 1. The number of fused-ring (bicyclic) bond motifs is 1. The highest BCUT2D eigenvalue weighted by Crippen LogP contribution is 2.22. The van der Waals surface area contributed by atoms with Crippen LogP contribution in [0.5, 0.6) is 0 Å². The minimum atomic E-state index is 0.443. The predicted molar refractivity (Wildman–Crippen MR) is 87.7 cm³/mol. The van der Waals surface area contributed by atoms with E-state index in [9.17, 15) is 0 Å². The van der Waals surface area contributed by atoms with Gasteiger partial charge in [-0.15, -0.1) is 11.3 Å². The maximum absolute atomic E-state index is 5.62. The first-order valence-electron chi connectivity index (χ1n) is 6.78. The van der Waals surface area contributed by atoms with Gasteiger partial charge in [0.05, 0.1) is 33.9 Å². The van der Waals surface area contributed by atoms with Crippen LogP contribution < -0.4 is 5.73 Å². The molecule has 2 heterocycles. The predicted octanol–water partition coefficient (Wildman–Crippen LogP) is 3.16. The van der Waals surface area contributed by atoms with Gasteiger partial charge in [-0.25, -0.2) is 4.98 Å². The highest BCUT2D eigenvalue weighted by molar-refractivity contribution is 7.18. The van der Waals surface area contributed by atoms with Crippen LogP contribution in [0, 0.1) is 0 Å². The Morgan fingerprint density at radius 2 is 2.00 bits per heavy atom. The first kappa shape index (κ1) is 13.9. The van der Waals surface area contributed by atoms with Crippen LogP contribution >= 0.6 is 11.3 Å². The number of hydrogen-bond donors (Lipinski definition) is 1. The molecule has 3 rings (SSSR count). The standard InChI is InChI=1S/C16H16N4S/c1-11(13-7-4-5-12(9-17)19-13)18-10-16-20-14-6-2-3-8-15(14)21-16/h2-8H,9-10,17H2,1H3. The Kier molecular flexibility index (Phi) is 4.03. The molecule has 4 nitrogen and oxygen atoms in total. The summed E-state index contributed by atoms with van der Waals surface area (Å²) in [5.74, 6) is 0. The largest absolute Gasteiger partial charge is 0.325 e. The lowest BCUT2D eigenvalue weighted by atomic mass is 10.2. The van der Waals surface area contributed by atoms with Gasteiger partial charge in [0.1, 0.15) is 5.01 Å². The molecule has 0 fully saturated rings. The van der Waals surface area contributed by atoms with Crippen molar-refractivity contribution >= 4 is 27.3 Å². The molecule has 106 valence electrons. The van der Waals surface area contributed by atoms with Crippen molar-refractivity contribution in [3.63, 3.8) is 0 Å². The van der Waals surface area contributed by atoms with E-state index in [2.05, 4.69) is 21.0 Å². The average Bonchev–Trinajstić information content (AvgIpc) is 2.95. The van der Waals surface area contributed by atoms with E-state index in [0.29, 0.717) is 13.1 Å². The second-order valence-electron chi connectivity index (χ2n) is 4.70. The second kappa shape index (κ2) is 6.11. The van der Waals surface area contributed by atoms with Crippen LogP contribution in [-0.4, -0.2) is 15.7 Å². The minimum Gasteiger partial charge on any atom is -0.325 e. The van der Waals surface area contributed by atoms with E-state index in [0.717, 1.165) is 27.6 Å². The number of thiazole rings is 1. The number of aromatic nitrogens is 2. The Morgan fingerprint density at radius 3 is 2.81 bits per heavy atom. The summed E-state index contributed by atoms with van der Waals surface area (Å²) >= 11 is 1.68. The lowest BCUT2D eigenvalue weighted by molar-refractivity contribution is 0.979. The van der Waals surface area contributed by atoms with E-state index in [1.807, 2.05) is 43.3 Å². The summed E-state index contributed by atoms with van der Waals surface area (Å²) in [6.45, 7) is 2.99. The molecule has 0 amide bonds. The fourth-order valence-corrected chi connectivity index (χ4v) is 2.94. The summed E-state index contributed by atoms with van der Waals surface area (Å²) in [7, 11) is 0. The minimum absolute atomic E-state index is 0.443. The Labute approximate surface area is 127 Å². The molecule has 2 aromatic heterocycles. The van der Waals surface area contributed by atoms with E-state index in [1.165, 1.54) is 4.70 Å². The summed E-state index contributed by atoms with van der Waals surface area (Å²) in [5.41, 5.74) is 9.31. The molecule has 0 atom stereocenters. The first-order valence-corrected chi connectivity index (χ1v) is 7.60. The van der Waals surface area contributed by atoms with Gasteiger partial charge in [0, 0.05) is 6.54 Å². The number of hydrogen-bond acceptors (Lipinski definition) is 5. The van der Waals surface area contributed by atoms with Crippen LogP contribution in [0.25, 0.3) is 10.2 Å². The third-order valence-corrected chi connectivity index (χ3v) is 4.20. The molecule has 0 bridgehead atoms. The van der Waals surface area contributed by atoms with Crippen molar-refractivity contribution in [2.24, 2.45) is 10.7 Å². The van der Waals surface area contributed by atoms with Crippen molar-refractivity contribution in [3.8, 4) is 0 Å². The van der Waals surface area contributed by atoms with E-state index in [4.69, 9.17) is 5.73 Å². The monoisotopic (exact) mass is 296 g/mol. The SMILES string of the molecule is CC(=NCc1nc2ccccc2s1)c1cccc(CN)n1. The van der Waals surface area contributed by atoms with Crippen LogP contribution in [0.3, 0.4) is 0 Å². The third kappa shape index (κ3) is 3.15. The molecule has 5 heteroatoms. The summed E-state index contributed by atoms with van der Waals surface area (Å²) < 4.78 is 1.20. The summed E-state index contributed by atoms with van der Waals surface area (Å²) in [4.78, 5) is 13.7. The van der Waals surface area contributed by atoms with Crippen molar-refractivity contribution in [3.05, 3.63) is 58.9 Å². The lowest BCUT2D eigenvalue weighted by Crippen LogP contribution is -2.05. The molecular formula is C16H16N4S. The van der Waals surface area contributed by atoms with Crippen LogP contribution in [0.2, 0.25) is 0 Å². The molecule has 0 saturated carbocycles. The average molecular weight is 296 g/mol. The molecule has 0 radical (unpaired) electrons. The maximum Gasteiger partial charge on any atom is 0.115 e. The molecule has 3 aromatic rings. The molecule has 2 N–H and O–H groups in total. The van der Waals surface area contributed by atoms with Crippen LogP contribution in [0.1, 0.15) is 23.3 Å². The number of rotatable bonds is 4. The number of pyridine rings is 1. The molecule has 0 saturated heterocycles. The number of nitrogens with two attached hydrogens (primary N) is 1. The van der Waals surface area contributed by atoms with E-state index < -0.39 is 0 Å². The summed E-state index contributed by atoms with van der Waals surface area (Å²) in [6, 6.07) is 14.0. The van der Waals surface area contributed by atoms with Crippen molar-refractivity contribution < 1.29 is 0 Å². The molecule has 0 aliphatic carbocycles. The van der Waals surface area contributed by atoms with Gasteiger partial charge >= 0.3 is 0 Å². The topological polar surface area (TPSA) is 64.2 Å². The van der Waals surface area contributed by atoms with Crippen molar-refractivity contribution in [1.29, 1.82) is 0 Å². The van der Waals surface area contributed by atoms with Crippen molar-refractivity contribution in [2.75, 3.05) is 0 Å². The zero-order chi connectivity index (χ0) is 14.7. The van der Waals surface area contributed by atoms with Gasteiger partial charge in [-0.05, 0) is 31.2 Å². The fourth-order valence-electron chi connectivity index (χ4n) is 2.05. The van der Waals surface area contributed by atoms with Crippen LogP contribution in [0.4, 0.5) is 0 Å². The Bertz CT molecular complexity index is 759. The number of benzene rings is 1. The second-order valence-corrected chi connectivity index (χ2v) is 5.81. The van der Waals surface area contributed by atoms with Crippen molar-refractivity contribution in [1.82, 2.24) is 9.97 Å². The summed E-state index contributed by atoms with van der Waals surface area (Å²) in [5, 5.41) is 1.02. The summed E-state index contributed by atoms with van der Waals surface area (Å²) in [6.07, 6.45) is 0. The zero-order valence-corrected chi connectivity index (χ0v) is 12.6. The maximum atomic E-state index is 5.62.